The zero-order chi connectivity index (χ0) is 10.8. The molecule has 0 aliphatic rings. The number of rotatable bonds is 3. The van der Waals surface area contributed by atoms with Crippen molar-refractivity contribution in [3.05, 3.63) is 23.5 Å². The molecular formula is C11H13ClN2S. The van der Waals surface area contributed by atoms with Crippen LogP contribution in [0.5, 0.6) is 0 Å². The van der Waals surface area contributed by atoms with E-state index in [9.17, 15) is 0 Å². The van der Waals surface area contributed by atoms with Crippen LogP contribution in [0.15, 0.2) is 17.8 Å². The van der Waals surface area contributed by atoms with Gasteiger partial charge in [0, 0.05) is 11.3 Å². The van der Waals surface area contributed by atoms with E-state index in [-0.39, 0.29) is 11.3 Å². The van der Waals surface area contributed by atoms with Gasteiger partial charge in [0.25, 0.3) is 0 Å². The van der Waals surface area contributed by atoms with Crippen molar-refractivity contribution >= 4 is 33.2 Å². The molecule has 2 heterocycles. The largest absolute Gasteiger partial charge is 0.240 e. The maximum Gasteiger partial charge on any atom is 0.116 e. The first kappa shape index (κ1) is 10.8. The molecule has 0 saturated carbocycles. The summed E-state index contributed by atoms with van der Waals surface area (Å²) in [6.45, 7) is 4.23. The molecule has 0 aromatic carbocycles. The normalized spacial score (nSPS) is 15.4. The number of nitrogens with zero attached hydrogens (tertiary/aromatic N) is 2. The fraction of sp³-hybridized carbons (Fsp3) is 0.455. The van der Waals surface area contributed by atoms with Gasteiger partial charge in [-0.2, -0.15) is 0 Å². The van der Waals surface area contributed by atoms with E-state index in [4.69, 9.17) is 11.6 Å². The average molecular weight is 241 g/mol. The molecule has 0 N–H and O–H groups in total. The van der Waals surface area contributed by atoms with Crippen LogP contribution < -0.4 is 0 Å². The second-order valence-corrected chi connectivity index (χ2v) is 5.08. The topological polar surface area (TPSA) is 25.8 Å². The molecule has 80 valence electrons. The van der Waals surface area contributed by atoms with Crippen LogP contribution in [-0.4, -0.2) is 15.3 Å². The fourth-order valence-corrected chi connectivity index (χ4v) is 2.71. The molecule has 0 radical (unpaired) electrons. The summed E-state index contributed by atoms with van der Waals surface area (Å²) in [5.41, 5.74) is 2.11. The van der Waals surface area contributed by atoms with Crippen LogP contribution in [0, 0.1) is 0 Å². The summed E-state index contributed by atoms with van der Waals surface area (Å²) in [6.07, 6.45) is 2.58. The minimum atomic E-state index is 0.144. The van der Waals surface area contributed by atoms with E-state index in [0.717, 1.165) is 17.6 Å². The van der Waals surface area contributed by atoms with Gasteiger partial charge in [-0.25, -0.2) is 9.97 Å². The van der Waals surface area contributed by atoms with E-state index in [1.807, 2.05) is 11.4 Å². The van der Waals surface area contributed by atoms with Crippen molar-refractivity contribution in [2.75, 3.05) is 0 Å². The van der Waals surface area contributed by atoms with Crippen LogP contribution in [0.25, 0.3) is 10.2 Å². The highest BCUT2D eigenvalue weighted by Gasteiger charge is 2.19. The summed E-state index contributed by atoms with van der Waals surface area (Å²) in [5.74, 6) is 0.279. The van der Waals surface area contributed by atoms with Gasteiger partial charge >= 0.3 is 0 Å². The average Bonchev–Trinajstić information content (AvgIpc) is 2.74. The van der Waals surface area contributed by atoms with E-state index in [2.05, 4.69) is 23.8 Å². The summed E-state index contributed by atoms with van der Waals surface area (Å²) in [7, 11) is 0. The van der Waals surface area contributed by atoms with Gasteiger partial charge in [0.1, 0.15) is 6.33 Å². The van der Waals surface area contributed by atoms with E-state index in [0.29, 0.717) is 0 Å². The molecule has 2 aromatic rings. The molecule has 2 rings (SSSR count). The van der Waals surface area contributed by atoms with Crippen LogP contribution in [0.3, 0.4) is 0 Å². The van der Waals surface area contributed by atoms with E-state index in [1.165, 1.54) is 4.70 Å². The zero-order valence-corrected chi connectivity index (χ0v) is 10.3. The highest BCUT2D eigenvalue weighted by atomic mass is 35.5. The molecule has 2 aromatic heterocycles. The molecule has 0 amide bonds. The van der Waals surface area contributed by atoms with Crippen molar-refractivity contribution in [2.45, 2.75) is 31.6 Å². The van der Waals surface area contributed by atoms with E-state index in [1.54, 1.807) is 17.7 Å². The van der Waals surface area contributed by atoms with Gasteiger partial charge in [-0.3, -0.25) is 0 Å². The molecule has 0 saturated heterocycles. The number of thiophene rings is 1. The molecule has 4 heteroatoms. The van der Waals surface area contributed by atoms with Crippen LogP contribution in [0.1, 0.15) is 31.9 Å². The van der Waals surface area contributed by atoms with Gasteiger partial charge in [-0.15, -0.1) is 22.9 Å². The summed E-state index contributed by atoms with van der Waals surface area (Å²) in [5, 5.41) is 2.19. The fourth-order valence-electron chi connectivity index (χ4n) is 1.66. The van der Waals surface area contributed by atoms with Crippen LogP contribution in [-0.2, 0) is 0 Å². The maximum absolute atomic E-state index is 6.26. The number of hydrogen-bond acceptors (Lipinski definition) is 3. The SMILES string of the molecule is CCC(Cl)C(C)c1ncnc2ccsc12. The molecule has 15 heavy (non-hydrogen) atoms. The quantitative estimate of drug-likeness (QED) is 0.763. The van der Waals surface area contributed by atoms with Crippen molar-refractivity contribution in [1.82, 2.24) is 9.97 Å². The van der Waals surface area contributed by atoms with Gasteiger partial charge in [-0.1, -0.05) is 13.8 Å². The molecule has 0 aliphatic carbocycles. The first-order valence-electron chi connectivity index (χ1n) is 5.06. The summed E-state index contributed by atoms with van der Waals surface area (Å²) < 4.78 is 1.17. The third-order valence-electron chi connectivity index (χ3n) is 2.63. The molecule has 2 unspecified atom stereocenters. The zero-order valence-electron chi connectivity index (χ0n) is 8.77. The molecular weight excluding hydrogens is 228 g/mol. The number of halogens is 1. The van der Waals surface area contributed by atoms with E-state index < -0.39 is 0 Å². The minimum Gasteiger partial charge on any atom is -0.240 e. The molecule has 0 bridgehead atoms. The Morgan fingerprint density at radius 1 is 1.47 bits per heavy atom. The number of aromatic nitrogens is 2. The maximum atomic E-state index is 6.26. The van der Waals surface area contributed by atoms with Crippen LogP contribution in [0.2, 0.25) is 0 Å². The second kappa shape index (κ2) is 4.45. The van der Waals surface area contributed by atoms with Crippen molar-refractivity contribution in [3.63, 3.8) is 0 Å². The summed E-state index contributed by atoms with van der Waals surface area (Å²) in [6, 6.07) is 2.02. The van der Waals surface area contributed by atoms with Crippen molar-refractivity contribution in [2.24, 2.45) is 0 Å². The summed E-state index contributed by atoms with van der Waals surface area (Å²) in [4.78, 5) is 8.59. The van der Waals surface area contributed by atoms with Crippen molar-refractivity contribution < 1.29 is 0 Å². The molecule has 0 spiro atoms. The lowest BCUT2D eigenvalue weighted by molar-refractivity contribution is 0.661. The number of hydrogen-bond donors (Lipinski definition) is 0. The highest BCUT2D eigenvalue weighted by molar-refractivity contribution is 7.17. The predicted molar refractivity (Wildman–Crippen MR) is 65.8 cm³/mol. The monoisotopic (exact) mass is 240 g/mol. The lowest BCUT2D eigenvalue weighted by Gasteiger charge is -2.15. The van der Waals surface area contributed by atoms with Gasteiger partial charge < -0.3 is 0 Å². The minimum absolute atomic E-state index is 0.144. The first-order chi connectivity index (χ1) is 7.24. The molecule has 2 atom stereocenters. The lowest BCUT2D eigenvalue weighted by Crippen LogP contribution is -2.10. The molecule has 2 nitrogen and oxygen atoms in total. The van der Waals surface area contributed by atoms with Crippen LogP contribution >= 0.6 is 22.9 Å². The third-order valence-corrected chi connectivity index (χ3v) is 4.25. The van der Waals surface area contributed by atoms with Gasteiger partial charge in [0.15, 0.2) is 0 Å². The van der Waals surface area contributed by atoms with Gasteiger partial charge in [-0.05, 0) is 17.9 Å². The Bertz CT molecular complexity index is 455. The van der Waals surface area contributed by atoms with Crippen LogP contribution in [0.4, 0.5) is 0 Å². The second-order valence-electron chi connectivity index (χ2n) is 3.61. The van der Waals surface area contributed by atoms with Gasteiger partial charge in [0.2, 0.25) is 0 Å². The predicted octanol–water partition coefficient (Wildman–Crippen LogP) is 3.81. The molecule has 0 aliphatic heterocycles. The Labute approximate surface area is 98.3 Å². The van der Waals surface area contributed by atoms with Crippen molar-refractivity contribution in [3.8, 4) is 0 Å². The first-order valence-corrected chi connectivity index (χ1v) is 6.37. The Kier molecular flexibility index (Phi) is 3.22. The smallest absolute Gasteiger partial charge is 0.116 e. The number of fused-ring (bicyclic) bond motifs is 1. The van der Waals surface area contributed by atoms with Crippen molar-refractivity contribution in [1.29, 1.82) is 0 Å². The van der Waals surface area contributed by atoms with E-state index >= 15 is 0 Å². The Morgan fingerprint density at radius 3 is 3.00 bits per heavy atom. The Hall–Kier alpha value is -0.670. The summed E-state index contributed by atoms with van der Waals surface area (Å²) >= 11 is 7.95. The lowest BCUT2D eigenvalue weighted by atomic mass is 10.0. The highest BCUT2D eigenvalue weighted by Crippen LogP contribution is 2.31. The standard InChI is InChI=1S/C11H13ClN2S/c1-3-8(12)7(2)10-11-9(4-5-15-11)13-6-14-10/h4-8H,3H2,1-2H3. The number of alkyl halides is 1. The third kappa shape index (κ3) is 1.99. The molecule has 0 fully saturated rings. The Morgan fingerprint density at radius 2 is 2.27 bits per heavy atom. The van der Waals surface area contributed by atoms with Gasteiger partial charge in [0.05, 0.1) is 15.9 Å². The Balaban J connectivity index is 2.46.